The zero-order valence-corrected chi connectivity index (χ0v) is 16.2. The third-order valence-corrected chi connectivity index (χ3v) is 5.45. The van der Waals surface area contributed by atoms with E-state index in [4.69, 9.17) is 16.3 Å². The lowest BCUT2D eigenvalue weighted by atomic mass is 10.0. The fraction of sp³-hybridized carbons (Fsp3) is 0.190. The van der Waals surface area contributed by atoms with Gasteiger partial charge in [0.1, 0.15) is 17.3 Å². The van der Waals surface area contributed by atoms with Crippen LogP contribution in [-0.2, 0) is 0 Å². The zero-order valence-electron chi connectivity index (χ0n) is 14.6. The molecule has 0 spiro atoms. The van der Waals surface area contributed by atoms with Gasteiger partial charge < -0.3 is 4.74 Å². The molecule has 0 aliphatic rings. The number of hydrogen-bond acceptors (Lipinski definition) is 3. The standard InChI is InChI=1S/C21H19ClFNOS/c1-3-25-19-5-4-12-24-20(19)21(18-13-16(23)9-6-14(18)2)26-17-10-7-15(22)8-11-17/h4-13,21H,3H2,1-2H3. The molecule has 5 heteroatoms. The van der Waals surface area contributed by atoms with Crippen molar-refractivity contribution in [3.05, 3.63) is 88.5 Å². The summed E-state index contributed by atoms with van der Waals surface area (Å²) in [5.41, 5.74) is 2.67. The second-order valence-corrected chi connectivity index (χ2v) is 7.39. The van der Waals surface area contributed by atoms with Crippen molar-refractivity contribution < 1.29 is 9.13 Å². The van der Waals surface area contributed by atoms with Crippen LogP contribution in [0.3, 0.4) is 0 Å². The summed E-state index contributed by atoms with van der Waals surface area (Å²) in [6.45, 7) is 4.46. The van der Waals surface area contributed by atoms with Crippen LogP contribution in [0.15, 0.2) is 65.7 Å². The number of hydrogen-bond donors (Lipinski definition) is 0. The summed E-state index contributed by atoms with van der Waals surface area (Å²) >= 11 is 7.60. The van der Waals surface area contributed by atoms with Crippen molar-refractivity contribution >= 4 is 23.4 Å². The lowest BCUT2D eigenvalue weighted by molar-refractivity contribution is 0.335. The largest absolute Gasteiger partial charge is 0.492 e. The number of rotatable bonds is 6. The van der Waals surface area contributed by atoms with E-state index in [0.717, 1.165) is 21.7 Å². The van der Waals surface area contributed by atoms with Gasteiger partial charge in [-0.25, -0.2) is 4.39 Å². The van der Waals surface area contributed by atoms with E-state index in [1.165, 1.54) is 6.07 Å². The summed E-state index contributed by atoms with van der Waals surface area (Å²) in [7, 11) is 0. The quantitative estimate of drug-likeness (QED) is 0.453. The summed E-state index contributed by atoms with van der Waals surface area (Å²) in [5.74, 6) is 0.450. The Hall–Kier alpha value is -2.04. The molecule has 1 aromatic heterocycles. The van der Waals surface area contributed by atoms with Gasteiger partial charge in [0.2, 0.25) is 0 Å². The summed E-state index contributed by atoms with van der Waals surface area (Å²) in [6, 6.07) is 16.2. The number of halogens is 2. The summed E-state index contributed by atoms with van der Waals surface area (Å²) in [5, 5.41) is 0.482. The van der Waals surface area contributed by atoms with Crippen LogP contribution in [0.5, 0.6) is 5.75 Å². The Morgan fingerprint density at radius 2 is 1.92 bits per heavy atom. The highest BCUT2D eigenvalue weighted by Crippen LogP contribution is 2.44. The topological polar surface area (TPSA) is 22.1 Å². The molecule has 0 fully saturated rings. The molecule has 134 valence electrons. The van der Waals surface area contributed by atoms with Gasteiger partial charge in [0.15, 0.2) is 0 Å². The van der Waals surface area contributed by atoms with Gasteiger partial charge in [0.25, 0.3) is 0 Å². The molecule has 26 heavy (non-hydrogen) atoms. The highest BCUT2D eigenvalue weighted by atomic mass is 35.5. The van der Waals surface area contributed by atoms with Gasteiger partial charge in [-0.05, 0) is 73.5 Å². The van der Waals surface area contributed by atoms with Crippen molar-refractivity contribution in [3.63, 3.8) is 0 Å². The third kappa shape index (κ3) is 4.37. The minimum atomic E-state index is -0.263. The fourth-order valence-corrected chi connectivity index (χ4v) is 4.05. The summed E-state index contributed by atoms with van der Waals surface area (Å²) in [4.78, 5) is 5.59. The van der Waals surface area contributed by atoms with Crippen LogP contribution < -0.4 is 4.74 Å². The first-order valence-corrected chi connectivity index (χ1v) is 9.60. The lowest BCUT2D eigenvalue weighted by Gasteiger charge is -2.21. The van der Waals surface area contributed by atoms with Gasteiger partial charge in [0, 0.05) is 16.1 Å². The van der Waals surface area contributed by atoms with E-state index >= 15 is 0 Å². The maximum absolute atomic E-state index is 14.0. The van der Waals surface area contributed by atoms with E-state index in [1.807, 2.05) is 50.2 Å². The van der Waals surface area contributed by atoms with Crippen molar-refractivity contribution in [1.82, 2.24) is 4.98 Å². The molecule has 1 unspecified atom stereocenters. The third-order valence-electron chi connectivity index (χ3n) is 3.94. The van der Waals surface area contributed by atoms with Crippen LogP contribution in [-0.4, -0.2) is 11.6 Å². The number of aryl methyl sites for hydroxylation is 1. The van der Waals surface area contributed by atoms with Crippen LogP contribution in [0.4, 0.5) is 4.39 Å². The average Bonchev–Trinajstić information content (AvgIpc) is 2.64. The Kier molecular flexibility index (Phi) is 6.17. The maximum Gasteiger partial charge on any atom is 0.142 e. The van der Waals surface area contributed by atoms with E-state index < -0.39 is 0 Å². The summed E-state index contributed by atoms with van der Waals surface area (Å²) < 4.78 is 19.8. The predicted molar refractivity (Wildman–Crippen MR) is 106 cm³/mol. The molecule has 2 aromatic carbocycles. The van der Waals surface area contributed by atoms with Crippen molar-refractivity contribution in [2.45, 2.75) is 24.0 Å². The molecule has 3 aromatic rings. The first-order chi connectivity index (χ1) is 12.6. The fourth-order valence-electron chi connectivity index (χ4n) is 2.69. The molecular formula is C21H19ClFNOS. The molecule has 1 atom stereocenters. The van der Waals surface area contributed by atoms with Crippen LogP contribution in [0.1, 0.15) is 29.0 Å². The molecule has 0 aliphatic heterocycles. The van der Waals surface area contributed by atoms with Gasteiger partial charge in [-0.2, -0.15) is 0 Å². The molecule has 0 bridgehead atoms. The van der Waals surface area contributed by atoms with Gasteiger partial charge in [-0.15, -0.1) is 11.8 Å². The van der Waals surface area contributed by atoms with Gasteiger partial charge in [-0.3, -0.25) is 4.98 Å². The number of nitrogens with zero attached hydrogens (tertiary/aromatic N) is 1. The molecule has 3 rings (SSSR count). The zero-order chi connectivity index (χ0) is 18.5. The number of pyridine rings is 1. The molecule has 0 saturated carbocycles. The van der Waals surface area contributed by atoms with Crippen molar-refractivity contribution in [1.29, 1.82) is 0 Å². The van der Waals surface area contributed by atoms with E-state index in [0.29, 0.717) is 17.4 Å². The Morgan fingerprint density at radius 3 is 2.65 bits per heavy atom. The van der Waals surface area contributed by atoms with Crippen LogP contribution >= 0.6 is 23.4 Å². The van der Waals surface area contributed by atoms with E-state index in [2.05, 4.69) is 4.98 Å². The lowest BCUT2D eigenvalue weighted by Crippen LogP contribution is -2.06. The highest BCUT2D eigenvalue weighted by Gasteiger charge is 2.23. The normalized spacial score (nSPS) is 12.0. The first-order valence-electron chi connectivity index (χ1n) is 8.34. The second kappa shape index (κ2) is 8.56. The van der Waals surface area contributed by atoms with E-state index in [1.54, 1.807) is 30.1 Å². The monoisotopic (exact) mass is 387 g/mol. The van der Waals surface area contributed by atoms with Crippen LogP contribution in [0, 0.1) is 12.7 Å². The molecule has 0 amide bonds. The number of ether oxygens (including phenoxy) is 1. The van der Waals surface area contributed by atoms with Gasteiger partial charge >= 0.3 is 0 Å². The molecule has 1 heterocycles. The number of thioether (sulfide) groups is 1. The van der Waals surface area contributed by atoms with Crippen LogP contribution in [0.25, 0.3) is 0 Å². The maximum atomic E-state index is 14.0. The second-order valence-electron chi connectivity index (χ2n) is 5.77. The molecule has 0 radical (unpaired) electrons. The minimum absolute atomic E-state index is 0.199. The van der Waals surface area contributed by atoms with Gasteiger partial charge in [-0.1, -0.05) is 17.7 Å². The smallest absolute Gasteiger partial charge is 0.142 e. The Morgan fingerprint density at radius 1 is 1.15 bits per heavy atom. The van der Waals surface area contributed by atoms with E-state index in [-0.39, 0.29) is 11.1 Å². The Labute approximate surface area is 162 Å². The van der Waals surface area contributed by atoms with Gasteiger partial charge in [0.05, 0.1) is 11.9 Å². The number of benzene rings is 2. The summed E-state index contributed by atoms with van der Waals surface area (Å²) in [6.07, 6.45) is 1.74. The predicted octanol–water partition coefficient (Wildman–Crippen LogP) is 6.46. The highest BCUT2D eigenvalue weighted by molar-refractivity contribution is 7.99. The van der Waals surface area contributed by atoms with Crippen LogP contribution in [0.2, 0.25) is 5.02 Å². The van der Waals surface area contributed by atoms with Crippen molar-refractivity contribution in [2.75, 3.05) is 6.61 Å². The molecule has 0 saturated heterocycles. The first kappa shape index (κ1) is 18.7. The molecular weight excluding hydrogens is 369 g/mol. The van der Waals surface area contributed by atoms with Crippen molar-refractivity contribution in [2.24, 2.45) is 0 Å². The SMILES string of the molecule is CCOc1cccnc1C(Sc1ccc(Cl)cc1)c1cc(F)ccc1C. The number of aromatic nitrogens is 1. The van der Waals surface area contributed by atoms with E-state index in [9.17, 15) is 4.39 Å². The minimum Gasteiger partial charge on any atom is -0.492 e. The molecule has 0 aliphatic carbocycles. The Bertz CT molecular complexity index is 885. The molecule has 0 N–H and O–H groups in total. The molecule has 2 nitrogen and oxygen atoms in total. The Balaban J connectivity index is 2.10. The van der Waals surface area contributed by atoms with Crippen molar-refractivity contribution in [3.8, 4) is 5.75 Å². The average molecular weight is 388 g/mol.